The van der Waals surface area contributed by atoms with E-state index in [1.807, 2.05) is 50.2 Å². The summed E-state index contributed by atoms with van der Waals surface area (Å²) in [6.45, 7) is 7.56. The molecule has 466 valence electrons. The second kappa shape index (κ2) is 40.1. The molecule has 0 saturated carbocycles. The average molecular weight is 1370 g/mol. The lowest BCUT2D eigenvalue weighted by Gasteiger charge is -2.35. The molecule has 0 spiro atoms. The van der Waals surface area contributed by atoms with Gasteiger partial charge in [-0.2, -0.15) is 135 Å². The Labute approximate surface area is 561 Å². The normalized spacial score (nSPS) is 21.2. The predicted molar refractivity (Wildman–Crippen MR) is 380 cm³/mol. The van der Waals surface area contributed by atoms with Gasteiger partial charge < -0.3 is 52.3 Å². The number of hydrogen-bond acceptors (Lipinski definition) is 12. The van der Waals surface area contributed by atoms with Crippen LogP contribution in [0.3, 0.4) is 0 Å². The lowest BCUT2D eigenvalue weighted by Crippen LogP contribution is -2.58. The minimum absolute atomic E-state index is 0. The van der Waals surface area contributed by atoms with Crippen molar-refractivity contribution < 1.29 is 38.4 Å². The van der Waals surface area contributed by atoms with E-state index < -0.39 is 77.4 Å². The van der Waals surface area contributed by atoms with Crippen molar-refractivity contribution in [1.29, 1.82) is 0 Å². The van der Waals surface area contributed by atoms with Crippen LogP contribution >= 0.6 is 158 Å². The summed E-state index contributed by atoms with van der Waals surface area (Å²) in [5, 5.41) is 22.9. The van der Waals surface area contributed by atoms with Crippen molar-refractivity contribution in [3.8, 4) is 0 Å². The van der Waals surface area contributed by atoms with Gasteiger partial charge in [0.1, 0.15) is 36.3 Å². The van der Waals surface area contributed by atoms with Gasteiger partial charge in [-0.1, -0.05) is 98.8 Å². The largest absolute Gasteiger partial charge is 0.350 e. The number of amides is 8. The van der Waals surface area contributed by atoms with Gasteiger partial charge in [0.15, 0.2) is 0 Å². The van der Waals surface area contributed by atoms with Gasteiger partial charge in [0.05, 0.1) is 22.8 Å². The molecule has 7 rings (SSSR count). The van der Waals surface area contributed by atoms with E-state index in [4.69, 9.17) is 0 Å². The highest BCUT2D eigenvalue weighted by Crippen LogP contribution is 2.46. The lowest BCUT2D eigenvalue weighted by molar-refractivity contribution is -0.144. The first kappa shape index (κ1) is 86.0. The highest BCUT2D eigenvalue weighted by molar-refractivity contribution is 8.00. The summed E-state index contributed by atoms with van der Waals surface area (Å²) in [6.07, 6.45) is 2.46. The molecule has 4 aliphatic rings. The maximum atomic E-state index is 14.5. The molecule has 8 N–H and O–H groups in total. The molecule has 30 heteroatoms. The van der Waals surface area contributed by atoms with Crippen LogP contribution in [0, 0.1) is 5.41 Å². The van der Waals surface area contributed by atoms with E-state index >= 15 is 0 Å². The molecule has 0 aromatic heterocycles. The van der Waals surface area contributed by atoms with Crippen LogP contribution in [-0.2, 0) is 51.4 Å². The van der Waals surface area contributed by atoms with E-state index in [9.17, 15) is 38.4 Å². The molecular formula is C52H88N10O8S12. The Bertz CT molecular complexity index is 2490. The Balaban J connectivity index is -0.00000304. The number of fused-ring (bicyclic) bond motifs is 2. The molecule has 0 radical (unpaired) electrons. The number of thioether (sulfide) groups is 2. The zero-order valence-electron chi connectivity index (χ0n) is 46.7. The molecule has 4 aliphatic heterocycles. The first-order valence-electron chi connectivity index (χ1n) is 24.7. The number of rotatable bonds is 18. The van der Waals surface area contributed by atoms with Crippen LogP contribution in [0.1, 0.15) is 94.1 Å². The highest BCUT2D eigenvalue weighted by Gasteiger charge is 2.55. The third-order valence-electron chi connectivity index (χ3n) is 14.1. The summed E-state index contributed by atoms with van der Waals surface area (Å²) in [7, 11) is 3.34. The van der Waals surface area contributed by atoms with Gasteiger partial charge in [-0.25, -0.2) is 0 Å². The SMILES string of the molecule is CN[C@@H](C)C(=O)N[C@H]1CCS[C@H]2CC[C@@H](C(=O)N[C@@H](C(=O)NCc3ccc(CNC(=O)[C@@H](NC(=O)[C@H]4N5C(=O)[C@H](NC(=O)[C@H](C)NC)CCS[C@H]5CC4(C)C)c4ccccc4)cc3)c3ccccc3)N2C1=O.S.S.S.S.S.S.S.S.S.S. The number of likely N-dealkylation sites (N-methyl/N-ethyl adjacent to an activating group) is 2. The molecule has 3 aromatic carbocycles. The van der Waals surface area contributed by atoms with Gasteiger partial charge in [0, 0.05) is 13.1 Å². The predicted octanol–water partition coefficient (Wildman–Crippen LogP) is 3.49. The van der Waals surface area contributed by atoms with Crippen LogP contribution in [0.2, 0.25) is 0 Å². The third-order valence-corrected chi connectivity index (χ3v) is 16.6. The zero-order valence-corrected chi connectivity index (χ0v) is 58.3. The molecule has 8 amide bonds. The summed E-state index contributed by atoms with van der Waals surface area (Å²) >= 11 is 3.18. The smallest absolute Gasteiger partial charge is 0.247 e. The van der Waals surface area contributed by atoms with Crippen molar-refractivity contribution in [3.63, 3.8) is 0 Å². The second-order valence-corrected chi connectivity index (χ2v) is 22.1. The van der Waals surface area contributed by atoms with Crippen LogP contribution in [-0.4, -0.2) is 130 Å². The van der Waals surface area contributed by atoms with Crippen LogP contribution in [0.15, 0.2) is 84.9 Å². The quantitative estimate of drug-likeness (QED) is 0.0914. The van der Waals surface area contributed by atoms with E-state index in [1.165, 1.54) is 0 Å². The van der Waals surface area contributed by atoms with Crippen molar-refractivity contribution in [2.24, 2.45) is 5.41 Å². The fourth-order valence-electron chi connectivity index (χ4n) is 9.67. The summed E-state index contributed by atoms with van der Waals surface area (Å²) in [5.74, 6) is -1.78. The molecule has 82 heavy (non-hydrogen) atoms. The van der Waals surface area contributed by atoms with Crippen LogP contribution in [0.25, 0.3) is 0 Å². The van der Waals surface area contributed by atoms with Gasteiger partial charge in [-0.15, -0.1) is 23.5 Å². The monoisotopic (exact) mass is 1360 g/mol. The van der Waals surface area contributed by atoms with Crippen molar-refractivity contribution in [3.05, 3.63) is 107 Å². The molecule has 3 aromatic rings. The van der Waals surface area contributed by atoms with Gasteiger partial charge in [-0.05, 0) is 99.2 Å². The lowest BCUT2D eigenvalue weighted by atomic mass is 9.83. The number of nitrogens with one attached hydrogen (secondary N) is 8. The molecule has 4 fully saturated rings. The van der Waals surface area contributed by atoms with E-state index in [-0.39, 0.29) is 182 Å². The van der Waals surface area contributed by atoms with Crippen LogP contribution < -0.4 is 42.5 Å². The summed E-state index contributed by atoms with van der Waals surface area (Å²) in [5.41, 5.74) is 2.01. The first-order valence-corrected chi connectivity index (χ1v) is 26.8. The molecule has 4 heterocycles. The minimum Gasteiger partial charge on any atom is -0.350 e. The van der Waals surface area contributed by atoms with Crippen molar-refractivity contribution in [2.45, 2.75) is 132 Å². The van der Waals surface area contributed by atoms with Crippen LogP contribution in [0.4, 0.5) is 0 Å². The van der Waals surface area contributed by atoms with Crippen molar-refractivity contribution in [2.75, 3.05) is 25.6 Å². The molecule has 18 nitrogen and oxygen atoms in total. The Kier molecular flexibility index (Phi) is 42.0. The van der Waals surface area contributed by atoms with Gasteiger partial charge in [0.25, 0.3) is 0 Å². The topological polar surface area (TPSA) is 239 Å². The van der Waals surface area contributed by atoms with E-state index in [1.54, 1.807) is 110 Å². The van der Waals surface area contributed by atoms with E-state index in [0.29, 0.717) is 54.7 Å². The fourth-order valence-corrected chi connectivity index (χ4v) is 12.6. The van der Waals surface area contributed by atoms with Gasteiger partial charge in [0.2, 0.25) is 47.3 Å². The van der Waals surface area contributed by atoms with Crippen LogP contribution in [0.5, 0.6) is 0 Å². The Morgan fingerprint density at radius 1 is 0.524 bits per heavy atom. The van der Waals surface area contributed by atoms with Gasteiger partial charge in [-0.3, -0.25) is 38.4 Å². The number of hydrogen-bond donors (Lipinski definition) is 8. The molecule has 4 saturated heterocycles. The zero-order chi connectivity index (χ0) is 51.7. The number of nitrogens with zero attached hydrogens (tertiary/aromatic N) is 2. The Morgan fingerprint density at radius 3 is 1.33 bits per heavy atom. The fraction of sp³-hybridized carbons (Fsp3) is 0.500. The van der Waals surface area contributed by atoms with Crippen molar-refractivity contribution in [1.82, 2.24) is 52.3 Å². The average Bonchev–Trinajstić information content (AvgIpc) is 3.84. The molecule has 10 atom stereocenters. The van der Waals surface area contributed by atoms with Gasteiger partial charge >= 0.3 is 0 Å². The number of benzene rings is 3. The molecular weight excluding hydrogens is 1280 g/mol. The molecule has 0 unspecified atom stereocenters. The summed E-state index contributed by atoms with van der Waals surface area (Å²) in [4.78, 5) is 113. The van der Waals surface area contributed by atoms with E-state index in [2.05, 4.69) is 42.5 Å². The summed E-state index contributed by atoms with van der Waals surface area (Å²) in [6, 6.07) is 18.7. The molecule has 0 bridgehead atoms. The third kappa shape index (κ3) is 21.4. The second-order valence-electron chi connectivity index (χ2n) is 19.5. The number of carbonyl (C=O) groups excluding carboxylic acids is 8. The minimum atomic E-state index is -1.08. The summed E-state index contributed by atoms with van der Waals surface area (Å²) < 4.78 is 0. The molecule has 0 aliphatic carbocycles. The highest BCUT2D eigenvalue weighted by atomic mass is 32.2. The Morgan fingerprint density at radius 2 is 0.915 bits per heavy atom. The standard InChI is InChI=1S/C52H68N10O8S2.10H2S/c1-30(53-5)44(63)57-36-23-25-71-39-22-21-38(61(39)50(36)69)46(65)59-41(34-13-9-7-10-14-34)47(66)55-28-32-17-19-33(20-18-32)29-56-48(67)42(35-15-11-8-12-16-35)60-49(68)43-52(3,4)27-40-62(43)51(70)37(24-26-72-40)58-45(64)31(2)54-6;;;;;;;;;;/h7-20,30-31,36-43,53-54H,21-29H2,1-6H3,(H,55,66)(H,56,67)(H,57,63)(H,58,64)(H,59,65)(H,60,68);10*1H2/t30-,31-,36-,37+,38-,39-,40-,41+,42-,43+;;;;;;;;;;/m0........../s1. The Hall–Kier alpha value is -2.46. The van der Waals surface area contributed by atoms with E-state index in [0.717, 1.165) is 11.1 Å². The maximum Gasteiger partial charge on any atom is 0.247 e. The number of carbonyl (C=O) groups is 8. The van der Waals surface area contributed by atoms with Crippen molar-refractivity contribution >= 4 is 206 Å². The first-order chi connectivity index (χ1) is 34.5. The maximum absolute atomic E-state index is 14.5.